The van der Waals surface area contributed by atoms with E-state index in [1.807, 2.05) is 31.2 Å². The van der Waals surface area contributed by atoms with Gasteiger partial charge in [0.05, 0.1) is 21.9 Å². The largest absolute Gasteiger partial charge is 0.311 e. The first kappa shape index (κ1) is 15.7. The Morgan fingerprint density at radius 3 is 2.44 bits per heavy atom. The molecule has 1 saturated heterocycles. The molecule has 0 N–H and O–H groups in total. The zero-order chi connectivity index (χ0) is 17.7. The molecule has 3 amide bonds. The molecule has 2 aromatic rings. The number of carbonyl (C=O) groups is 3. The molecule has 0 spiro atoms. The Morgan fingerprint density at radius 2 is 1.68 bits per heavy atom. The van der Waals surface area contributed by atoms with E-state index in [0.29, 0.717) is 16.8 Å². The van der Waals surface area contributed by atoms with Crippen LogP contribution in [0.3, 0.4) is 0 Å². The van der Waals surface area contributed by atoms with Crippen molar-refractivity contribution in [3.8, 4) is 0 Å². The molecule has 2 aromatic carbocycles. The summed E-state index contributed by atoms with van der Waals surface area (Å²) in [5.74, 6) is -0.718. The third-order valence-corrected chi connectivity index (χ3v) is 5.25. The Hall–Kier alpha value is -2.86. The topological polar surface area (TPSA) is 57.7 Å². The van der Waals surface area contributed by atoms with Crippen molar-refractivity contribution >= 4 is 45.8 Å². The van der Waals surface area contributed by atoms with Gasteiger partial charge in [-0.1, -0.05) is 30.3 Å². The molecule has 0 aromatic heterocycles. The molecular weight excluding hydrogens is 336 g/mol. The highest BCUT2D eigenvalue weighted by molar-refractivity contribution is 8.19. The average molecular weight is 350 g/mol. The number of amides is 3. The van der Waals surface area contributed by atoms with Crippen LogP contribution in [0.4, 0.5) is 16.2 Å². The maximum absolute atomic E-state index is 12.9. The zero-order valence-electron chi connectivity index (χ0n) is 13.6. The molecule has 124 valence electrons. The maximum atomic E-state index is 12.9. The fourth-order valence-corrected chi connectivity index (χ4v) is 4.03. The van der Waals surface area contributed by atoms with Gasteiger partial charge in [0.25, 0.3) is 17.1 Å². The minimum Gasteiger partial charge on any atom is -0.311 e. The fraction of sp³-hybridized carbons (Fsp3) is 0.105. The summed E-state index contributed by atoms with van der Waals surface area (Å²) in [6.07, 6.45) is 0. The smallest absolute Gasteiger partial charge is 0.298 e. The van der Waals surface area contributed by atoms with Gasteiger partial charge in [-0.2, -0.15) is 0 Å². The summed E-state index contributed by atoms with van der Waals surface area (Å²) in [5, 5.41) is -0.391. The van der Waals surface area contributed by atoms with Crippen LogP contribution in [-0.4, -0.2) is 24.1 Å². The summed E-state index contributed by atoms with van der Waals surface area (Å²) in [4.78, 5) is 40.9. The Kier molecular flexibility index (Phi) is 3.51. The van der Waals surface area contributed by atoms with Gasteiger partial charge in [0.1, 0.15) is 0 Å². The van der Waals surface area contributed by atoms with E-state index < -0.39 is 11.1 Å². The molecule has 0 bridgehead atoms. The van der Waals surface area contributed by atoms with Gasteiger partial charge < -0.3 is 4.90 Å². The predicted octanol–water partition coefficient (Wildman–Crippen LogP) is 3.58. The molecule has 0 atom stereocenters. The summed E-state index contributed by atoms with van der Waals surface area (Å²) in [7, 11) is 1.67. The van der Waals surface area contributed by atoms with Gasteiger partial charge in [-0.3, -0.25) is 14.4 Å². The van der Waals surface area contributed by atoms with E-state index in [-0.39, 0.29) is 10.8 Å². The van der Waals surface area contributed by atoms with E-state index in [1.165, 1.54) is 4.90 Å². The third kappa shape index (κ3) is 2.29. The quantitative estimate of drug-likeness (QED) is 0.738. The molecule has 0 unspecified atom stereocenters. The number of likely N-dealkylation sites (N-methyl/N-ethyl adjacent to an activating group) is 1. The van der Waals surface area contributed by atoms with Crippen LogP contribution in [-0.2, 0) is 9.59 Å². The molecular formula is C19H14N2O3S. The van der Waals surface area contributed by atoms with Crippen LogP contribution in [0, 0.1) is 6.92 Å². The van der Waals surface area contributed by atoms with Crippen LogP contribution in [0.25, 0.3) is 5.57 Å². The third-order valence-electron chi connectivity index (χ3n) is 4.31. The highest BCUT2D eigenvalue weighted by Gasteiger charge is 2.43. The Balaban J connectivity index is 1.85. The van der Waals surface area contributed by atoms with Gasteiger partial charge in [-0.15, -0.1) is 0 Å². The van der Waals surface area contributed by atoms with Crippen LogP contribution in [0.5, 0.6) is 0 Å². The molecule has 5 nitrogen and oxygen atoms in total. The molecule has 2 heterocycles. The number of aryl methyl sites for hydroxylation is 1. The highest BCUT2D eigenvalue weighted by atomic mass is 32.2. The van der Waals surface area contributed by atoms with Gasteiger partial charge in [0, 0.05) is 12.6 Å². The molecule has 6 heteroatoms. The first-order valence-electron chi connectivity index (χ1n) is 7.73. The Labute approximate surface area is 148 Å². The van der Waals surface area contributed by atoms with E-state index in [9.17, 15) is 14.4 Å². The van der Waals surface area contributed by atoms with Crippen molar-refractivity contribution in [2.45, 2.75) is 6.92 Å². The number of benzene rings is 2. The SMILES string of the molecule is Cc1cccc(N2C(=O)S/C(=C3\C(=O)N(C)c4ccccc43)C2=O)c1. The van der Waals surface area contributed by atoms with Crippen LogP contribution in [0.2, 0.25) is 0 Å². The summed E-state index contributed by atoms with van der Waals surface area (Å²) in [5.41, 5.74) is 3.20. The van der Waals surface area contributed by atoms with Crippen LogP contribution >= 0.6 is 11.8 Å². The van der Waals surface area contributed by atoms with Gasteiger partial charge in [0.2, 0.25) is 0 Å². The van der Waals surface area contributed by atoms with Crippen molar-refractivity contribution in [3.05, 3.63) is 64.6 Å². The number of imide groups is 1. The van der Waals surface area contributed by atoms with E-state index in [1.54, 1.807) is 31.3 Å². The average Bonchev–Trinajstić information content (AvgIpc) is 3.02. The van der Waals surface area contributed by atoms with Crippen molar-refractivity contribution < 1.29 is 14.4 Å². The number of nitrogens with zero attached hydrogens (tertiary/aromatic N) is 2. The summed E-state index contributed by atoms with van der Waals surface area (Å²) < 4.78 is 0. The van der Waals surface area contributed by atoms with Crippen molar-refractivity contribution in [1.29, 1.82) is 0 Å². The van der Waals surface area contributed by atoms with Gasteiger partial charge in [-0.25, -0.2) is 4.90 Å². The second kappa shape index (κ2) is 5.60. The van der Waals surface area contributed by atoms with E-state index in [4.69, 9.17) is 0 Å². The number of carbonyl (C=O) groups excluding carboxylic acids is 3. The zero-order valence-corrected chi connectivity index (χ0v) is 14.5. The van der Waals surface area contributed by atoms with Gasteiger partial charge in [-0.05, 0) is 42.4 Å². The van der Waals surface area contributed by atoms with E-state index in [0.717, 1.165) is 27.9 Å². The second-order valence-corrected chi connectivity index (χ2v) is 6.89. The summed E-state index contributed by atoms with van der Waals surface area (Å²) in [6, 6.07) is 14.5. The number of anilines is 2. The number of thioether (sulfide) groups is 1. The molecule has 0 aliphatic carbocycles. The molecule has 2 aliphatic heterocycles. The minimum atomic E-state index is -0.450. The lowest BCUT2D eigenvalue weighted by Gasteiger charge is -2.13. The molecule has 25 heavy (non-hydrogen) atoms. The van der Waals surface area contributed by atoms with Crippen molar-refractivity contribution in [3.63, 3.8) is 0 Å². The molecule has 1 fully saturated rings. The number of para-hydroxylation sites is 1. The lowest BCUT2D eigenvalue weighted by Crippen LogP contribution is -2.28. The standard InChI is InChI=1S/C19H14N2O3S/c1-11-6-5-7-12(10-11)21-18(23)16(25-19(21)24)15-13-8-3-4-9-14(13)20(2)17(15)22/h3-10H,1-2H3/b16-15-. The molecule has 0 radical (unpaired) electrons. The van der Waals surface area contributed by atoms with E-state index >= 15 is 0 Å². The van der Waals surface area contributed by atoms with Crippen LogP contribution < -0.4 is 9.80 Å². The number of hydrogen-bond acceptors (Lipinski definition) is 4. The predicted molar refractivity (Wildman–Crippen MR) is 98.4 cm³/mol. The highest BCUT2D eigenvalue weighted by Crippen LogP contribution is 2.44. The van der Waals surface area contributed by atoms with E-state index in [2.05, 4.69) is 0 Å². The van der Waals surface area contributed by atoms with Crippen LogP contribution in [0.1, 0.15) is 11.1 Å². The number of fused-ring (bicyclic) bond motifs is 1. The number of rotatable bonds is 1. The monoisotopic (exact) mass is 350 g/mol. The first-order chi connectivity index (χ1) is 12.0. The minimum absolute atomic E-state index is 0.188. The van der Waals surface area contributed by atoms with Crippen LogP contribution in [0.15, 0.2) is 53.4 Å². The second-order valence-electron chi connectivity index (χ2n) is 5.93. The number of hydrogen-bond donors (Lipinski definition) is 0. The first-order valence-corrected chi connectivity index (χ1v) is 8.55. The lowest BCUT2D eigenvalue weighted by atomic mass is 10.1. The molecule has 2 aliphatic rings. The van der Waals surface area contributed by atoms with Gasteiger partial charge >= 0.3 is 0 Å². The Morgan fingerprint density at radius 1 is 0.920 bits per heavy atom. The van der Waals surface area contributed by atoms with Gasteiger partial charge in [0.15, 0.2) is 0 Å². The fourth-order valence-electron chi connectivity index (χ4n) is 3.10. The normalized spacial score (nSPS) is 19.8. The lowest BCUT2D eigenvalue weighted by molar-refractivity contribution is -0.115. The Bertz CT molecular complexity index is 980. The summed E-state index contributed by atoms with van der Waals surface area (Å²) >= 11 is 0.819. The summed E-state index contributed by atoms with van der Waals surface area (Å²) in [6.45, 7) is 1.90. The van der Waals surface area contributed by atoms with Crippen molar-refractivity contribution in [2.24, 2.45) is 0 Å². The molecule has 0 saturated carbocycles. The maximum Gasteiger partial charge on any atom is 0.298 e. The van der Waals surface area contributed by atoms with Crippen molar-refractivity contribution in [1.82, 2.24) is 0 Å². The van der Waals surface area contributed by atoms with Crippen molar-refractivity contribution in [2.75, 3.05) is 16.8 Å². The molecule has 4 rings (SSSR count).